The first-order valence-corrected chi connectivity index (χ1v) is 12.8. The molecule has 0 aromatic rings. The average molecular weight is 329 g/mol. The van der Waals surface area contributed by atoms with Crippen LogP contribution in [-0.4, -0.2) is 19.6 Å². The summed E-state index contributed by atoms with van der Waals surface area (Å²) in [6, 6.07) is 0. The molecule has 19 heavy (non-hydrogen) atoms. The van der Waals surface area contributed by atoms with Gasteiger partial charge in [0.1, 0.15) is 0 Å². The molecule has 0 fully saturated rings. The molecule has 0 amide bonds. The van der Waals surface area contributed by atoms with Crippen molar-refractivity contribution in [1.29, 1.82) is 0 Å². The van der Waals surface area contributed by atoms with Crippen LogP contribution in [0.5, 0.6) is 0 Å². The summed E-state index contributed by atoms with van der Waals surface area (Å²) in [5, 5.41) is 3.32. The molecule has 0 aliphatic rings. The predicted octanol–water partition coefficient (Wildman–Crippen LogP) is 5.02. The van der Waals surface area contributed by atoms with E-state index in [1.54, 1.807) is 6.92 Å². The Bertz CT molecular complexity index is 279. The third kappa shape index (κ3) is 7.81. The standard InChI is InChI=1S/C16H32GeO2/c1-12(2)9-17(10-13(3)4,11-14(5)6)19-16(18)15(7)8/h12-14H,7,9-11H2,1-6,8H3. The molecule has 0 saturated heterocycles. The Kier molecular flexibility index (Phi) is 8.03. The minimum absolute atomic E-state index is 0.165. The number of rotatable bonds is 8. The number of carbonyl (C=O) groups excluding carboxylic acids is 1. The molecule has 0 radical (unpaired) electrons. The molecule has 0 aliphatic carbocycles. The summed E-state index contributed by atoms with van der Waals surface area (Å²) in [6.45, 7) is 18.9. The van der Waals surface area contributed by atoms with Crippen LogP contribution >= 0.6 is 0 Å². The third-order valence-electron chi connectivity index (χ3n) is 3.00. The summed E-state index contributed by atoms with van der Waals surface area (Å²) in [7, 11) is 0. The topological polar surface area (TPSA) is 26.3 Å². The first-order chi connectivity index (χ1) is 8.58. The van der Waals surface area contributed by atoms with Crippen molar-refractivity contribution in [3.05, 3.63) is 12.2 Å². The normalized spacial score (nSPS) is 12.3. The first kappa shape index (κ1) is 18.8. The van der Waals surface area contributed by atoms with Gasteiger partial charge in [-0.1, -0.05) is 0 Å². The van der Waals surface area contributed by atoms with E-state index in [1.165, 1.54) is 0 Å². The molecule has 0 N–H and O–H groups in total. The van der Waals surface area contributed by atoms with Crippen LogP contribution in [0.4, 0.5) is 0 Å². The summed E-state index contributed by atoms with van der Waals surface area (Å²) in [5.74, 6) is 1.61. The molecule has 112 valence electrons. The minimum atomic E-state index is -2.61. The Morgan fingerprint density at radius 3 is 1.47 bits per heavy atom. The third-order valence-corrected chi connectivity index (χ3v) is 14.1. The van der Waals surface area contributed by atoms with Crippen LogP contribution in [0.3, 0.4) is 0 Å². The van der Waals surface area contributed by atoms with Gasteiger partial charge in [0, 0.05) is 0 Å². The van der Waals surface area contributed by atoms with E-state index in [9.17, 15) is 4.79 Å². The summed E-state index contributed by atoms with van der Waals surface area (Å²) < 4.78 is 6.08. The van der Waals surface area contributed by atoms with Crippen LogP contribution in [0.25, 0.3) is 0 Å². The van der Waals surface area contributed by atoms with Crippen LogP contribution in [0.1, 0.15) is 48.5 Å². The van der Waals surface area contributed by atoms with Gasteiger partial charge in [0.25, 0.3) is 0 Å². The maximum absolute atomic E-state index is 12.0. The van der Waals surface area contributed by atoms with E-state index in [2.05, 4.69) is 48.1 Å². The van der Waals surface area contributed by atoms with Gasteiger partial charge in [0.2, 0.25) is 0 Å². The van der Waals surface area contributed by atoms with Crippen molar-refractivity contribution in [2.24, 2.45) is 17.8 Å². The quantitative estimate of drug-likeness (QED) is 0.462. The van der Waals surface area contributed by atoms with Crippen molar-refractivity contribution in [3.63, 3.8) is 0 Å². The SMILES string of the molecule is C=C(C)C(=O)[O][Ge]([CH2]C(C)C)([CH2]C(C)C)[CH2]C(C)C. The van der Waals surface area contributed by atoms with E-state index in [4.69, 9.17) is 3.76 Å². The van der Waals surface area contributed by atoms with Gasteiger partial charge in [0.05, 0.1) is 0 Å². The zero-order valence-electron chi connectivity index (χ0n) is 13.9. The molecule has 0 unspecified atom stereocenters. The Morgan fingerprint density at radius 1 is 0.947 bits per heavy atom. The van der Waals surface area contributed by atoms with Crippen molar-refractivity contribution in [3.8, 4) is 0 Å². The second-order valence-corrected chi connectivity index (χ2v) is 15.1. The van der Waals surface area contributed by atoms with Crippen molar-refractivity contribution < 1.29 is 8.56 Å². The number of hydrogen-bond acceptors (Lipinski definition) is 2. The fourth-order valence-corrected chi connectivity index (χ4v) is 15.0. The van der Waals surface area contributed by atoms with Crippen LogP contribution in [0.2, 0.25) is 15.8 Å². The number of hydrogen-bond donors (Lipinski definition) is 0. The molecule has 0 heterocycles. The van der Waals surface area contributed by atoms with Gasteiger partial charge in [-0.2, -0.15) is 0 Å². The summed E-state index contributed by atoms with van der Waals surface area (Å²) >= 11 is -2.61. The van der Waals surface area contributed by atoms with E-state index in [1.807, 2.05) is 0 Å². The molecule has 0 aromatic carbocycles. The van der Waals surface area contributed by atoms with E-state index in [-0.39, 0.29) is 5.97 Å². The van der Waals surface area contributed by atoms with Crippen molar-refractivity contribution in [2.75, 3.05) is 0 Å². The average Bonchev–Trinajstić information content (AvgIpc) is 2.12. The first-order valence-electron chi connectivity index (χ1n) is 7.47. The molecule has 3 heteroatoms. The Balaban J connectivity index is 5.20. The molecule has 0 spiro atoms. The van der Waals surface area contributed by atoms with Gasteiger partial charge in [-0.05, 0) is 0 Å². The van der Waals surface area contributed by atoms with Gasteiger partial charge < -0.3 is 0 Å². The molecule has 0 saturated carbocycles. The summed E-state index contributed by atoms with van der Waals surface area (Å²) in [4.78, 5) is 12.0. The molecule has 0 atom stereocenters. The van der Waals surface area contributed by atoms with Gasteiger partial charge in [-0.25, -0.2) is 0 Å². The predicted molar refractivity (Wildman–Crippen MR) is 85.6 cm³/mol. The fourth-order valence-electron chi connectivity index (χ4n) is 2.89. The maximum atomic E-state index is 12.0. The molecule has 2 nitrogen and oxygen atoms in total. The van der Waals surface area contributed by atoms with Crippen LogP contribution in [0, 0.1) is 17.8 Å². The zero-order valence-corrected chi connectivity index (χ0v) is 16.0. The Labute approximate surface area is 122 Å². The van der Waals surface area contributed by atoms with Gasteiger partial charge >= 0.3 is 122 Å². The van der Waals surface area contributed by atoms with Gasteiger partial charge in [0.15, 0.2) is 0 Å². The Morgan fingerprint density at radius 2 is 1.26 bits per heavy atom. The second kappa shape index (κ2) is 8.13. The van der Waals surface area contributed by atoms with Crippen LogP contribution in [-0.2, 0) is 8.56 Å². The van der Waals surface area contributed by atoms with E-state index < -0.39 is 13.6 Å². The molecular weight excluding hydrogens is 297 g/mol. The zero-order chi connectivity index (χ0) is 15.2. The molecule has 0 bridgehead atoms. The van der Waals surface area contributed by atoms with Crippen molar-refractivity contribution >= 4 is 19.6 Å². The van der Waals surface area contributed by atoms with Crippen LogP contribution < -0.4 is 0 Å². The second-order valence-electron chi connectivity index (χ2n) is 7.15. The van der Waals surface area contributed by atoms with E-state index in [0.717, 1.165) is 15.8 Å². The molecule has 0 rings (SSSR count). The van der Waals surface area contributed by atoms with Gasteiger partial charge in [-0.15, -0.1) is 0 Å². The summed E-state index contributed by atoms with van der Waals surface area (Å²) in [5.41, 5.74) is 0.534. The molecule has 0 aliphatic heterocycles. The van der Waals surface area contributed by atoms with Crippen LogP contribution in [0.15, 0.2) is 12.2 Å². The fraction of sp³-hybridized carbons (Fsp3) is 0.812. The van der Waals surface area contributed by atoms with E-state index in [0.29, 0.717) is 23.3 Å². The molecular formula is C16H32GeO2. The monoisotopic (exact) mass is 330 g/mol. The number of carbonyl (C=O) groups is 1. The summed E-state index contributed by atoms with van der Waals surface area (Å²) in [6.07, 6.45) is 0. The Hall–Kier alpha value is -0.247. The van der Waals surface area contributed by atoms with Crippen molar-refractivity contribution in [1.82, 2.24) is 0 Å². The van der Waals surface area contributed by atoms with Crippen molar-refractivity contribution in [2.45, 2.75) is 64.2 Å². The molecule has 0 aromatic heterocycles. The van der Waals surface area contributed by atoms with E-state index >= 15 is 0 Å². The van der Waals surface area contributed by atoms with Gasteiger partial charge in [-0.3, -0.25) is 0 Å².